The van der Waals surface area contributed by atoms with E-state index in [0.29, 0.717) is 54.4 Å². The first-order valence-electron chi connectivity index (χ1n) is 13.4. The van der Waals surface area contributed by atoms with Gasteiger partial charge in [-0.15, -0.1) is 0 Å². The van der Waals surface area contributed by atoms with Crippen molar-refractivity contribution in [2.24, 2.45) is 0 Å². The Kier molecular flexibility index (Phi) is 7.74. The number of nitrogens with zero attached hydrogens (tertiary/aromatic N) is 4. The van der Waals surface area contributed by atoms with Crippen LogP contribution in [0.15, 0.2) is 47.4 Å². The zero-order chi connectivity index (χ0) is 27.6. The number of rotatable bonds is 6. The summed E-state index contributed by atoms with van der Waals surface area (Å²) in [5.41, 5.74) is 0.633. The lowest BCUT2D eigenvalue weighted by molar-refractivity contribution is 0.0192. The van der Waals surface area contributed by atoms with Gasteiger partial charge < -0.3 is 28.6 Å². The van der Waals surface area contributed by atoms with Crippen LogP contribution in [-0.2, 0) is 17.9 Å². The van der Waals surface area contributed by atoms with Crippen LogP contribution in [0, 0.1) is 5.82 Å². The van der Waals surface area contributed by atoms with Gasteiger partial charge in [-0.2, -0.15) is 0 Å². The van der Waals surface area contributed by atoms with E-state index in [0.717, 1.165) is 25.9 Å². The van der Waals surface area contributed by atoms with Crippen molar-refractivity contribution in [3.8, 4) is 11.5 Å². The van der Waals surface area contributed by atoms with Gasteiger partial charge in [0.1, 0.15) is 25.6 Å². The molecule has 2 aliphatic heterocycles. The van der Waals surface area contributed by atoms with Crippen LogP contribution in [0.4, 0.5) is 9.18 Å². The Morgan fingerprint density at radius 2 is 1.85 bits per heavy atom. The Balaban J connectivity index is 1.18. The molecule has 3 aromatic rings. The van der Waals surface area contributed by atoms with E-state index in [9.17, 15) is 14.0 Å². The first kappa shape index (κ1) is 26.9. The lowest BCUT2D eigenvalue weighted by atomic mass is 9.97. The number of hydrogen-bond acceptors (Lipinski definition) is 7. The van der Waals surface area contributed by atoms with Crippen LogP contribution in [0.1, 0.15) is 39.3 Å². The number of fused-ring (bicyclic) bond motifs is 2. The fraction of sp³-hybridized carbons (Fsp3) is 0.483. The number of amides is 1. The minimum Gasteiger partial charge on any atom is -0.486 e. The third kappa shape index (κ3) is 6.00. The monoisotopic (exact) mass is 538 g/mol. The van der Waals surface area contributed by atoms with Crippen molar-refractivity contribution >= 4 is 17.0 Å². The topological polar surface area (TPSA) is 86.1 Å². The summed E-state index contributed by atoms with van der Waals surface area (Å²) >= 11 is 0. The molecule has 2 aliphatic rings. The number of carbonyl (C=O) groups excluding carboxylic acids is 1. The Labute approximate surface area is 227 Å². The van der Waals surface area contributed by atoms with Crippen LogP contribution in [0.2, 0.25) is 0 Å². The van der Waals surface area contributed by atoms with Gasteiger partial charge in [0.15, 0.2) is 11.5 Å². The predicted octanol–water partition coefficient (Wildman–Crippen LogP) is 4.21. The van der Waals surface area contributed by atoms with Gasteiger partial charge in [-0.1, -0.05) is 6.07 Å². The second-order valence-corrected chi connectivity index (χ2v) is 11.0. The van der Waals surface area contributed by atoms with E-state index >= 15 is 0 Å². The number of pyridine rings is 2. The zero-order valence-electron chi connectivity index (χ0n) is 22.7. The summed E-state index contributed by atoms with van der Waals surface area (Å²) in [6.07, 6.45) is 2.79. The average molecular weight is 539 g/mol. The summed E-state index contributed by atoms with van der Waals surface area (Å²) in [6, 6.07) is 9.54. The molecule has 4 heterocycles. The maximum atomic E-state index is 14.2. The van der Waals surface area contributed by atoms with Crippen molar-refractivity contribution in [2.75, 3.05) is 32.8 Å². The van der Waals surface area contributed by atoms with E-state index in [1.54, 1.807) is 35.0 Å². The molecule has 0 saturated carbocycles. The van der Waals surface area contributed by atoms with Crippen LogP contribution < -0.4 is 15.0 Å². The van der Waals surface area contributed by atoms with Gasteiger partial charge in [-0.3, -0.25) is 9.78 Å². The molecule has 9 nitrogen and oxygen atoms in total. The van der Waals surface area contributed by atoms with E-state index < -0.39 is 5.54 Å². The number of aromatic nitrogens is 2. The molecule has 10 heteroatoms. The summed E-state index contributed by atoms with van der Waals surface area (Å²) in [7, 11) is 0. The Morgan fingerprint density at radius 3 is 2.59 bits per heavy atom. The molecule has 1 saturated heterocycles. The van der Waals surface area contributed by atoms with E-state index in [1.807, 2.05) is 25.7 Å². The van der Waals surface area contributed by atoms with Gasteiger partial charge in [0.2, 0.25) is 0 Å². The Morgan fingerprint density at radius 1 is 1.10 bits per heavy atom. The molecule has 0 bridgehead atoms. The largest absolute Gasteiger partial charge is 0.486 e. The molecule has 0 N–H and O–H groups in total. The van der Waals surface area contributed by atoms with Crippen LogP contribution in [-0.4, -0.2) is 69.9 Å². The van der Waals surface area contributed by atoms with Gasteiger partial charge in [0.25, 0.3) is 5.56 Å². The lowest BCUT2D eigenvalue weighted by Crippen LogP contribution is -2.55. The van der Waals surface area contributed by atoms with Crippen molar-refractivity contribution in [1.82, 2.24) is 19.4 Å². The average Bonchev–Trinajstić information content (AvgIpc) is 2.91. The Bertz CT molecular complexity index is 1390. The molecule has 0 spiro atoms. The number of likely N-dealkylation sites (tertiary alicyclic amines) is 1. The van der Waals surface area contributed by atoms with Crippen molar-refractivity contribution in [1.29, 1.82) is 0 Å². The minimum absolute atomic E-state index is 0.0244. The van der Waals surface area contributed by atoms with E-state index in [-0.39, 0.29) is 30.1 Å². The third-order valence-corrected chi connectivity index (χ3v) is 7.29. The number of piperidine rings is 1. The van der Waals surface area contributed by atoms with Gasteiger partial charge >= 0.3 is 6.09 Å². The molecule has 0 aliphatic carbocycles. The minimum atomic E-state index is -0.426. The van der Waals surface area contributed by atoms with Gasteiger partial charge in [0, 0.05) is 55.3 Å². The summed E-state index contributed by atoms with van der Waals surface area (Å²) in [5.74, 6) is 0.871. The highest BCUT2D eigenvalue weighted by atomic mass is 19.1. The van der Waals surface area contributed by atoms with Crippen molar-refractivity contribution in [3.63, 3.8) is 0 Å². The summed E-state index contributed by atoms with van der Waals surface area (Å²) in [4.78, 5) is 34.2. The maximum absolute atomic E-state index is 14.2. The second kappa shape index (κ2) is 11.2. The quantitative estimate of drug-likeness (QED) is 0.465. The molecule has 1 amide bonds. The molecule has 208 valence electrons. The molecular weight excluding hydrogens is 503 g/mol. The maximum Gasteiger partial charge on any atom is 0.410 e. The summed E-state index contributed by atoms with van der Waals surface area (Å²) in [6.45, 7) is 9.73. The normalized spacial score (nSPS) is 16.3. The number of hydrogen-bond donors (Lipinski definition) is 0. The molecule has 1 aromatic carbocycles. The van der Waals surface area contributed by atoms with Crippen LogP contribution in [0.25, 0.3) is 10.9 Å². The lowest BCUT2D eigenvalue weighted by Gasteiger charge is -2.44. The molecule has 39 heavy (non-hydrogen) atoms. The molecule has 2 aromatic heterocycles. The highest BCUT2D eigenvalue weighted by Gasteiger charge is 2.36. The number of halogens is 1. The zero-order valence-corrected chi connectivity index (χ0v) is 22.7. The number of benzene rings is 1. The number of ether oxygens (including phenoxy) is 3. The highest BCUT2D eigenvalue weighted by molar-refractivity contribution is 5.79. The molecular formula is C29H35FN4O5. The fourth-order valence-corrected chi connectivity index (χ4v) is 5.41. The summed E-state index contributed by atoms with van der Waals surface area (Å²) < 4.78 is 32.7. The predicted molar refractivity (Wildman–Crippen MR) is 145 cm³/mol. The molecule has 1 fully saturated rings. The fourth-order valence-electron chi connectivity index (χ4n) is 5.41. The molecule has 0 unspecified atom stereocenters. The van der Waals surface area contributed by atoms with E-state index in [4.69, 9.17) is 14.2 Å². The molecule has 0 radical (unpaired) electrons. The SMILES string of the molecule is CC(C)(C)N(C(=O)OCc1cc2c(cn1)OCCO2)C1CCN(CCn2c(=O)ccc3c(F)cccc32)CC1. The van der Waals surface area contributed by atoms with Gasteiger partial charge in [0.05, 0.1) is 17.4 Å². The molecule has 0 atom stereocenters. The molecule has 5 rings (SSSR count). The second-order valence-electron chi connectivity index (χ2n) is 11.0. The first-order chi connectivity index (χ1) is 18.7. The van der Waals surface area contributed by atoms with Crippen molar-refractivity contribution < 1.29 is 23.4 Å². The van der Waals surface area contributed by atoms with E-state index in [1.165, 1.54) is 12.1 Å². The van der Waals surface area contributed by atoms with Crippen molar-refractivity contribution in [2.45, 2.75) is 58.3 Å². The van der Waals surface area contributed by atoms with Gasteiger partial charge in [-0.25, -0.2) is 9.18 Å². The van der Waals surface area contributed by atoms with Crippen LogP contribution in [0.3, 0.4) is 0 Å². The first-order valence-corrected chi connectivity index (χ1v) is 13.4. The Hall–Kier alpha value is -3.66. The van der Waals surface area contributed by atoms with Crippen molar-refractivity contribution in [3.05, 3.63) is 64.5 Å². The highest BCUT2D eigenvalue weighted by Crippen LogP contribution is 2.30. The van der Waals surface area contributed by atoms with Crippen LogP contribution >= 0.6 is 0 Å². The van der Waals surface area contributed by atoms with Crippen LogP contribution in [0.5, 0.6) is 11.5 Å². The van der Waals surface area contributed by atoms with Gasteiger partial charge in [-0.05, 0) is 51.8 Å². The smallest absolute Gasteiger partial charge is 0.410 e. The summed E-state index contributed by atoms with van der Waals surface area (Å²) in [5, 5.41) is 0.446. The van der Waals surface area contributed by atoms with E-state index in [2.05, 4.69) is 9.88 Å². The third-order valence-electron chi connectivity index (χ3n) is 7.29. The number of carbonyl (C=O) groups is 1. The standard InChI is InChI=1S/C29H35FN4O5/c1-29(2,3)34(28(36)39-19-20-17-25-26(18-31-20)38-16-15-37-25)21-9-11-32(12-10-21)13-14-33-24-6-4-5-23(30)22(24)7-8-27(33)35/h4-8,17-18,21H,9-16,19H2,1-3H3.